The molecule has 5 heteroatoms. The molecule has 0 bridgehead atoms. The molecule has 0 amide bonds. The summed E-state index contributed by atoms with van der Waals surface area (Å²) in [6.45, 7) is 2.15. The first-order valence-electron chi connectivity index (χ1n) is 5.69. The molecule has 0 N–H and O–H groups in total. The van der Waals surface area contributed by atoms with Gasteiger partial charge in [0.15, 0.2) is 5.75 Å². The van der Waals surface area contributed by atoms with Crippen LogP contribution in [0.4, 0.5) is 5.69 Å². The van der Waals surface area contributed by atoms with E-state index in [1.54, 1.807) is 12.1 Å². The first kappa shape index (κ1) is 13.5. The SMILES string of the molecule is Cc1ccc([N+](=O)[O-])c(OCc2ccccc2Br)c1. The van der Waals surface area contributed by atoms with Crippen LogP contribution in [0.5, 0.6) is 5.75 Å². The van der Waals surface area contributed by atoms with Gasteiger partial charge in [-0.25, -0.2) is 0 Å². The van der Waals surface area contributed by atoms with Crippen LogP contribution in [0.2, 0.25) is 0 Å². The molecule has 2 aromatic rings. The minimum atomic E-state index is -0.436. The van der Waals surface area contributed by atoms with E-state index in [0.717, 1.165) is 15.6 Å². The lowest BCUT2D eigenvalue weighted by Gasteiger charge is -2.08. The van der Waals surface area contributed by atoms with Gasteiger partial charge < -0.3 is 4.74 Å². The fraction of sp³-hybridized carbons (Fsp3) is 0.143. The normalized spacial score (nSPS) is 10.2. The van der Waals surface area contributed by atoms with E-state index in [-0.39, 0.29) is 12.3 Å². The second-order valence-electron chi connectivity index (χ2n) is 4.11. The minimum absolute atomic E-state index is 0.0161. The van der Waals surface area contributed by atoms with Crippen molar-refractivity contribution in [1.29, 1.82) is 0 Å². The number of nitro groups is 1. The van der Waals surface area contributed by atoms with Crippen molar-refractivity contribution in [2.24, 2.45) is 0 Å². The average molecular weight is 322 g/mol. The fourth-order valence-corrected chi connectivity index (χ4v) is 2.06. The molecule has 0 unspecified atom stereocenters. The van der Waals surface area contributed by atoms with Gasteiger partial charge in [-0.15, -0.1) is 0 Å². The van der Waals surface area contributed by atoms with Gasteiger partial charge in [-0.05, 0) is 24.6 Å². The van der Waals surface area contributed by atoms with Crippen LogP contribution in [0.3, 0.4) is 0 Å². The van der Waals surface area contributed by atoms with Crippen molar-refractivity contribution in [1.82, 2.24) is 0 Å². The Bertz CT molecular complexity index is 613. The van der Waals surface area contributed by atoms with Crippen molar-refractivity contribution in [3.63, 3.8) is 0 Å². The Hall–Kier alpha value is -1.88. The lowest BCUT2D eigenvalue weighted by atomic mass is 10.2. The van der Waals surface area contributed by atoms with Crippen LogP contribution in [-0.4, -0.2) is 4.92 Å². The van der Waals surface area contributed by atoms with Gasteiger partial charge in [0.2, 0.25) is 0 Å². The highest BCUT2D eigenvalue weighted by Gasteiger charge is 2.15. The lowest BCUT2D eigenvalue weighted by molar-refractivity contribution is -0.386. The Morgan fingerprint density at radius 3 is 2.68 bits per heavy atom. The Labute approximate surface area is 119 Å². The van der Waals surface area contributed by atoms with E-state index in [9.17, 15) is 10.1 Å². The zero-order valence-corrected chi connectivity index (χ0v) is 11.9. The molecule has 0 radical (unpaired) electrons. The third-order valence-electron chi connectivity index (χ3n) is 2.65. The van der Waals surface area contributed by atoms with E-state index in [2.05, 4.69) is 15.9 Å². The first-order chi connectivity index (χ1) is 9.08. The summed E-state index contributed by atoms with van der Waals surface area (Å²) in [4.78, 5) is 10.5. The van der Waals surface area contributed by atoms with E-state index >= 15 is 0 Å². The second-order valence-corrected chi connectivity index (χ2v) is 4.96. The Morgan fingerprint density at radius 2 is 2.00 bits per heavy atom. The van der Waals surface area contributed by atoms with Crippen molar-refractivity contribution in [2.75, 3.05) is 0 Å². The van der Waals surface area contributed by atoms with E-state index < -0.39 is 4.92 Å². The van der Waals surface area contributed by atoms with Gasteiger partial charge in [-0.3, -0.25) is 10.1 Å². The molecular formula is C14H12BrNO3. The minimum Gasteiger partial charge on any atom is -0.482 e. The summed E-state index contributed by atoms with van der Waals surface area (Å²) in [6, 6.07) is 12.5. The number of rotatable bonds is 4. The maximum atomic E-state index is 10.9. The molecule has 0 spiro atoms. The quantitative estimate of drug-likeness (QED) is 0.625. The van der Waals surface area contributed by atoms with Crippen molar-refractivity contribution in [3.8, 4) is 5.75 Å². The maximum absolute atomic E-state index is 10.9. The van der Waals surface area contributed by atoms with Crippen LogP contribution >= 0.6 is 15.9 Å². The molecule has 0 atom stereocenters. The van der Waals surface area contributed by atoms with E-state index in [0.29, 0.717) is 5.75 Å². The van der Waals surface area contributed by atoms with Crippen LogP contribution < -0.4 is 4.74 Å². The highest BCUT2D eigenvalue weighted by atomic mass is 79.9. The Balaban J connectivity index is 2.22. The van der Waals surface area contributed by atoms with E-state index in [1.807, 2.05) is 31.2 Å². The molecule has 19 heavy (non-hydrogen) atoms. The van der Waals surface area contributed by atoms with Crippen LogP contribution in [0, 0.1) is 17.0 Å². The molecular weight excluding hydrogens is 310 g/mol. The number of nitrogens with zero attached hydrogens (tertiary/aromatic N) is 1. The molecule has 2 rings (SSSR count). The monoisotopic (exact) mass is 321 g/mol. The second kappa shape index (κ2) is 5.84. The summed E-state index contributed by atoms with van der Waals surface area (Å²) in [5.41, 5.74) is 1.85. The third kappa shape index (κ3) is 3.32. The average Bonchev–Trinajstić information content (AvgIpc) is 2.37. The van der Waals surface area contributed by atoms with Gasteiger partial charge in [0.25, 0.3) is 0 Å². The van der Waals surface area contributed by atoms with Gasteiger partial charge in [-0.2, -0.15) is 0 Å². The molecule has 2 aromatic carbocycles. The van der Waals surface area contributed by atoms with Gasteiger partial charge in [0, 0.05) is 16.1 Å². The van der Waals surface area contributed by atoms with Gasteiger partial charge in [-0.1, -0.05) is 40.2 Å². The summed E-state index contributed by atoms with van der Waals surface area (Å²) in [5, 5.41) is 10.9. The number of halogens is 1. The number of benzene rings is 2. The highest BCUT2D eigenvalue weighted by Crippen LogP contribution is 2.29. The maximum Gasteiger partial charge on any atom is 0.310 e. The number of hydrogen-bond acceptors (Lipinski definition) is 3. The third-order valence-corrected chi connectivity index (χ3v) is 3.43. The summed E-state index contributed by atoms with van der Waals surface area (Å²) in [5.74, 6) is 0.292. The molecule has 0 saturated carbocycles. The Kier molecular flexibility index (Phi) is 4.16. The topological polar surface area (TPSA) is 52.4 Å². The van der Waals surface area contributed by atoms with E-state index in [1.165, 1.54) is 6.07 Å². The van der Waals surface area contributed by atoms with Crippen molar-refractivity contribution in [2.45, 2.75) is 13.5 Å². The van der Waals surface area contributed by atoms with Crippen LogP contribution in [-0.2, 0) is 6.61 Å². The number of ether oxygens (including phenoxy) is 1. The fourth-order valence-electron chi connectivity index (χ4n) is 1.66. The van der Waals surface area contributed by atoms with Gasteiger partial charge in [0.05, 0.1) is 4.92 Å². The molecule has 0 heterocycles. The molecule has 4 nitrogen and oxygen atoms in total. The van der Waals surface area contributed by atoms with Crippen molar-refractivity contribution in [3.05, 3.63) is 68.2 Å². The highest BCUT2D eigenvalue weighted by molar-refractivity contribution is 9.10. The van der Waals surface area contributed by atoms with E-state index in [4.69, 9.17) is 4.74 Å². The van der Waals surface area contributed by atoms with Gasteiger partial charge in [0.1, 0.15) is 6.61 Å². The standard InChI is InChI=1S/C14H12BrNO3/c1-10-6-7-13(16(17)18)14(8-10)19-9-11-4-2-3-5-12(11)15/h2-8H,9H2,1H3. The largest absolute Gasteiger partial charge is 0.482 e. The summed E-state index contributed by atoms with van der Waals surface area (Å²) in [6.07, 6.45) is 0. The molecule has 0 fully saturated rings. The van der Waals surface area contributed by atoms with Crippen LogP contribution in [0.25, 0.3) is 0 Å². The molecule has 0 aromatic heterocycles. The smallest absolute Gasteiger partial charge is 0.310 e. The number of aryl methyl sites for hydroxylation is 1. The van der Waals surface area contributed by atoms with Crippen molar-refractivity contribution >= 4 is 21.6 Å². The summed E-state index contributed by atoms with van der Waals surface area (Å²) >= 11 is 3.42. The van der Waals surface area contributed by atoms with Crippen molar-refractivity contribution < 1.29 is 9.66 Å². The summed E-state index contributed by atoms with van der Waals surface area (Å²) < 4.78 is 6.50. The predicted molar refractivity (Wildman–Crippen MR) is 76.3 cm³/mol. The van der Waals surface area contributed by atoms with Gasteiger partial charge >= 0.3 is 5.69 Å². The summed E-state index contributed by atoms with van der Waals surface area (Å²) in [7, 11) is 0. The lowest BCUT2D eigenvalue weighted by Crippen LogP contribution is -2.00. The molecule has 98 valence electrons. The van der Waals surface area contributed by atoms with Crippen LogP contribution in [0.1, 0.15) is 11.1 Å². The first-order valence-corrected chi connectivity index (χ1v) is 6.48. The van der Waals surface area contributed by atoms with Crippen LogP contribution in [0.15, 0.2) is 46.9 Å². The molecule has 0 aliphatic rings. The number of nitro benzene ring substituents is 1. The number of hydrogen-bond donors (Lipinski definition) is 0. The Morgan fingerprint density at radius 1 is 1.26 bits per heavy atom. The zero-order valence-electron chi connectivity index (χ0n) is 10.3. The molecule has 0 aliphatic heterocycles. The predicted octanol–water partition coefficient (Wildman–Crippen LogP) is 4.24. The molecule has 0 aliphatic carbocycles. The zero-order chi connectivity index (χ0) is 13.8. The molecule has 0 saturated heterocycles.